The second-order valence-corrected chi connectivity index (χ2v) is 8.78. The molecule has 144 valence electrons. The molecule has 2 heterocycles. The summed E-state index contributed by atoms with van der Waals surface area (Å²) in [5, 5.41) is 7.89. The molecule has 2 saturated heterocycles. The van der Waals surface area contributed by atoms with E-state index in [0.29, 0.717) is 18.3 Å². The fourth-order valence-corrected chi connectivity index (χ4v) is 4.37. The number of carbonyl (C=O) groups is 1. The Labute approximate surface area is 155 Å². The predicted molar refractivity (Wildman–Crippen MR) is 101 cm³/mol. The number of primary sulfonamides is 1. The molecule has 0 aromatic heterocycles. The zero-order valence-corrected chi connectivity index (χ0v) is 15.9. The van der Waals surface area contributed by atoms with Gasteiger partial charge in [-0.2, -0.15) is 0 Å². The molecule has 8 heteroatoms. The fraction of sp³-hybridized carbons (Fsp3) is 0.611. The van der Waals surface area contributed by atoms with E-state index in [0.717, 1.165) is 25.9 Å². The Morgan fingerprint density at radius 3 is 2.23 bits per heavy atom. The number of nitrogens with one attached hydrogen (secondary N) is 1. The molecule has 0 aliphatic carbocycles. The fourth-order valence-electron chi connectivity index (χ4n) is 3.86. The number of sulfonamides is 1. The van der Waals surface area contributed by atoms with Crippen LogP contribution in [0.3, 0.4) is 0 Å². The number of anilines is 1. The molecule has 3 N–H and O–H groups in total. The lowest BCUT2D eigenvalue weighted by Crippen LogP contribution is -2.48. The minimum Gasteiger partial charge on any atom is -0.325 e. The third-order valence-corrected chi connectivity index (χ3v) is 6.23. The van der Waals surface area contributed by atoms with E-state index in [1.165, 1.54) is 44.5 Å². The minimum absolute atomic E-state index is 0.0373. The van der Waals surface area contributed by atoms with Crippen LogP contribution in [0.25, 0.3) is 0 Å². The number of likely N-dealkylation sites (tertiary alicyclic amines) is 2. The molecule has 2 aliphatic rings. The Kier molecular flexibility index (Phi) is 6.29. The first-order valence-corrected chi connectivity index (χ1v) is 10.9. The summed E-state index contributed by atoms with van der Waals surface area (Å²) in [5.74, 6) is -0.0789. The van der Waals surface area contributed by atoms with E-state index in [1.807, 2.05) is 0 Å². The summed E-state index contributed by atoms with van der Waals surface area (Å²) in [6.07, 6.45) is 6.22. The third-order valence-electron chi connectivity index (χ3n) is 5.30. The van der Waals surface area contributed by atoms with Gasteiger partial charge in [0.1, 0.15) is 0 Å². The lowest BCUT2D eigenvalue weighted by atomic mass is 10.00. The Morgan fingerprint density at radius 1 is 1.04 bits per heavy atom. The molecule has 1 aromatic carbocycles. The van der Waals surface area contributed by atoms with Crippen LogP contribution < -0.4 is 10.5 Å². The predicted octanol–water partition coefficient (Wildman–Crippen LogP) is 1.22. The highest BCUT2D eigenvalue weighted by Gasteiger charge is 2.26. The Balaban J connectivity index is 1.44. The molecular formula is C18H28N4O3S. The number of piperidine rings is 2. The second-order valence-electron chi connectivity index (χ2n) is 7.22. The maximum absolute atomic E-state index is 12.2. The molecule has 0 unspecified atom stereocenters. The van der Waals surface area contributed by atoms with E-state index < -0.39 is 10.0 Å². The molecule has 2 fully saturated rings. The summed E-state index contributed by atoms with van der Waals surface area (Å²) in [6.45, 7) is 4.70. The van der Waals surface area contributed by atoms with Crippen LogP contribution in [0.15, 0.2) is 29.2 Å². The maximum Gasteiger partial charge on any atom is 0.238 e. The van der Waals surface area contributed by atoms with Crippen molar-refractivity contribution in [3.8, 4) is 0 Å². The molecule has 0 bridgehead atoms. The summed E-state index contributed by atoms with van der Waals surface area (Å²) in [5.41, 5.74) is 0.575. The molecule has 26 heavy (non-hydrogen) atoms. The SMILES string of the molecule is NS(=O)(=O)c1ccc(NC(=O)CN2CCC(N3CCCCC3)CC2)cc1. The number of hydrogen-bond acceptors (Lipinski definition) is 5. The molecule has 3 rings (SSSR count). The van der Waals surface area contributed by atoms with E-state index >= 15 is 0 Å². The molecule has 1 amide bonds. The van der Waals surface area contributed by atoms with Gasteiger partial charge >= 0.3 is 0 Å². The van der Waals surface area contributed by atoms with Gasteiger partial charge in [0.25, 0.3) is 0 Å². The summed E-state index contributed by atoms with van der Waals surface area (Å²) >= 11 is 0. The van der Waals surface area contributed by atoms with Gasteiger partial charge in [-0.05, 0) is 63.0 Å². The van der Waals surface area contributed by atoms with E-state index in [4.69, 9.17) is 5.14 Å². The highest BCUT2D eigenvalue weighted by atomic mass is 32.2. The molecule has 0 spiro atoms. The average Bonchev–Trinajstić information content (AvgIpc) is 2.63. The molecule has 7 nitrogen and oxygen atoms in total. The van der Waals surface area contributed by atoms with Crippen LogP contribution in [0.5, 0.6) is 0 Å². The first-order chi connectivity index (χ1) is 12.4. The van der Waals surface area contributed by atoms with Crippen LogP contribution in [0.1, 0.15) is 32.1 Å². The van der Waals surface area contributed by atoms with Crippen molar-refractivity contribution < 1.29 is 13.2 Å². The Bertz CT molecular complexity index is 706. The summed E-state index contributed by atoms with van der Waals surface area (Å²) in [4.78, 5) is 17.1. The number of benzene rings is 1. The van der Waals surface area contributed by atoms with E-state index in [9.17, 15) is 13.2 Å². The van der Waals surface area contributed by atoms with E-state index in [2.05, 4.69) is 15.1 Å². The van der Waals surface area contributed by atoms with Crippen molar-refractivity contribution in [1.29, 1.82) is 0 Å². The van der Waals surface area contributed by atoms with Gasteiger partial charge in [-0.15, -0.1) is 0 Å². The van der Waals surface area contributed by atoms with Gasteiger partial charge in [-0.3, -0.25) is 9.69 Å². The lowest BCUT2D eigenvalue weighted by molar-refractivity contribution is -0.117. The monoisotopic (exact) mass is 380 g/mol. The third kappa shape index (κ3) is 5.26. The smallest absolute Gasteiger partial charge is 0.238 e. The van der Waals surface area contributed by atoms with E-state index in [1.54, 1.807) is 12.1 Å². The summed E-state index contributed by atoms with van der Waals surface area (Å²) in [7, 11) is -3.71. The Morgan fingerprint density at radius 2 is 1.65 bits per heavy atom. The minimum atomic E-state index is -3.71. The van der Waals surface area contributed by atoms with Crippen molar-refractivity contribution in [2.45, 2.75) is 43.0 Å². The molecule has 0 radical (unpaired) electrons. The van der Waals surface area contributed by atoms with Crippen LogP contribution >= 0.6 is 0 Å². The van der Waals surface area contributed by atoms with Crippen molar-refractivity contribution in [3.63, 3.8) is 0 Å². The van der Waals surface area contributed by atoms with Gasteiger partial charge in [0.05, 0.1) is 11.4 Å². The number of amides is 1. The molecule has 0 saturated carbocycles. The van der Waals surface area contributed by atoms with Crippen LogP contribution in [0.4, 0.5) is 5.69 Å². The van der Waals surface area contributed by atoms with Crippen molar-refractivity contribution in [2.24, 2.45) is 5.14 Å². The van der Waals surface area contributed by atoms with Crippen molar-refractivity contribution in [3.05, 3.63) is 24.3 Å². The lowest BCUT2D eigenvalue weighted by Gasteiger charge is -2.40. The number of nitrogens with zero attached hydrogens (tertiary/aromatic N) is 2. The van der Waals surface area contributed by atoms with Gasteiger partial charge < -0.3 is 10.2 Å². The largest absolute Gasteiger partial charge is 0.325 e. The zero-order chi connectivity index (χ0) is 18.6. The number of nitrogens with two attached hydrogens (primary N) is 1. The summed E-state index contributed by atoms with van der Waals surface area (Å²) in [6, 6.07) is 6.57. The van der Waals surface area contributed by atoms with Crippen LogP contribution in [0, 0.1) is 0 Å². The first kappa shape index (κ1) is 19.3. The second kappa shape index (κ2) is 8.47. The average molecular weight is 381 g/mol. The molecule has 1 aromatic rings. The molecule has 0 atom stereocenters. The van der Waals surface area contributed by atoms with Gasteiger partial charge in [0.2, 0.25) is 15.9 Å². The van der Waals surface area contributed by atoms with Crippen LogP contribution in [0.2, 0.25) is 0 Å². The highest BCUT2D eigenvalue weighted by molar-refractivity contribution is 7.89. The standard InChI is InChI=1S/C18H28N4O3S/c19-26(24,25)17-6-4-15(5-7-17)20-18(23)14-21-12-8-16(9-13-21)22-10-2-1-3-11-22/h4-7,16H,1-3,8-14H2,(H,20,23)(H2,19,24,25). The van der Waals surface area contributed by atoms with Crippen molar-refractivity contribution in [1.82, 2.24) is 9.80 Å². The van der Waals surface area contributed by atoms with Gasteiger partial charge in [-0.25, -0.2) is 13.6 Å². The number of carbonyl (C=O) groups excluding carboxylic acids is 1. The number of hydrogen-bond donors (Lipinski definition) is 2. The Hall–Kier alpha value is -1.48. The first-order valence-electron chi connectivity index (χ1n) is 9.31. The van der Waals surface area contributed by atoms with Gasteiger partial charge in [0.15, 0.2) is 0 Å². The highest BCUT2D eigenvalue weighted by Crippen LogP contribution is 2.21. The molecular weight excluding hydrogens is 352 g/mol. The normalized spacial score (nSPS) is 20.8. The van der Waals surface area contributed by atoms with Gasteiger partial charge in [-0.1, -0.05) is 6.42 Å². The maximum atomic E-state index is 12.2. The van der Waals surface area contributed by atoms with Crippen molar-refractivity contribution >= 4 is 21.6 Å². The van der Waals surface area contributed by atoms with Gasteiger partial charge in [0, 0.05) is 24.8 Å². The van der Waals surface area contributed by atoms with E-state index in [-0.39, 0.29) is 10.8 Å². The summed E-state index contributed by atoms with van der Waals surface area (Å²) < 4.78 is 22.5. The topological polar surface area (TPSA) is 95.7 Å². The van der Waals surface area contributed by atoms with Crippen molar-refractivity contribution in [2.75, 3.05) is 38.0 Å². The molecule has 2 aliphatic heterocycles. The number of rotatable bonds is 5. The van der Waals surface area contributed by atoms with Crippen LogP contribution in [-0.2, 0) is 14.8 Å². The zero-order valence-electron chi connectivity index (χ0n) is 15.1. The van der Waals surface area contributed by atoms with Crippen LogP contribution in [-0.4, -0.2) is 62.9 Å². The quantitative estimate of drug-likeness (QED) is 0.801.